The number of nitrogens with one attached hydrogen (secondary N) is 2. The monoisotopic (exact) mass is 252 g/mol. The first-order valence-corrected chi connectivity index (χ1v) is 5.90. The fraction of sp³-hybridized carbons (Fsp3) is 0.500. The van der Waals surface area contributed by atoms with Gasteiger partial charge in [-0.3, -0.25) is 4.79 Å². The number of carboxylic acid groups (broad SMARTS) is 1. The first kappa shape index (κ1) is 12.5. The van der Waals surface area contributed by atoms with Crippen LogP contribution in [0.1, 0.15) is 25.0 Å². The Balaban J connectivity index is 1.73. The van der Waals surface area contributed by atoms with Crippen LogP contribution in [0.4, 0.5) is 4.79 Å². The summed E-state index contributed by atoms with van der Waals surface area (Å²) in [5.41, 5.74) is -0.762. The van der Waals surface area contributed by atoms with Gasteiger partial charge >= 0.3 is 12.0 Å². The summed E-state index contributed by atoms with van der Waals surface area (Å²) in [5.74, 6) is -0.179. The first-order valence-electron chi connectivity index (χ1n) is 5.90. The maximum absolute atomic E-state index is 11.5. The molecule has 18 heavy (non-hydrogen) atoms. The molecule has 1 aromatic rings. The van der Waals surface area contributed by atoms with Crippen LogP contribution in [-0.4, -0.2) is 23.7 Å². The standard InChI is InChI=1S/C12H16N2O4/c15-10(16)12(4-2-5-12)8-14-11(17)13-7-9-3-1-6-18-9/h1,3,6H,2,4-5,7-8H2,(H,15,16)(H2,13,14,17). The third-order valence-electron chi connectivity index (χ3n) is 3.35. The molecule has 1 aliphatic carbocycles. The predicted octanol–water partition coefficient (Wildman–Crippen LogP) is 1.33. The van der Waals surface area contributed by atoms with Gasteiger partial charge < -0.3 is 20.2 Å². The molecule has 0 bridgehead atoms. The van der Waals surface area contributed by atoms with Crippen molar-refractivity contribution >= 4 is 12.0 Å². The molecule has 1 aromatic heterocycles. The van der Waals surface area contributed by atoms with Gasteiger partial charge in [-0.2, -0.15) is 0 Å². The summed E-state index contributed by atoms with van der Waals surface area (Å²) in [6, 6.07) is 3.12. The van der Waals surface area contributed by atoms with Crippen molar-refractivity contribution in [3.05, 3.63) is 24.2 Å². The number of hydrogen-bond acceptors (Lipinski definition) is 3. The second kappa shape index (κ2) is 5.12. The van der Waals surface area contributed by atoms with Gasteiger partial charge in [-0.15, -0.1) is 0 Å². The van der Waals surface area contributed by atoms with Gasteiger partial charge in [0, 0.05) is 6.54 Å². The van der Waals surface area contributed by atoms with Crippen molar-refractivity contribution in [1.29, 1.82) is 0 Å². The minimum absolute atomic E-state index is 0.173. The first-order chi connectivity index (χ1) is 8.62. The van der Waals surface area contributed by atoms with Crippen LogP contribution in [0.5, 0.6) is 0 Å². The van der Waals surface area contributed by atoms with E-state index in [1.807, 2.05) is 0 Å². The van der Waals surface area contributed by atoms with Gasteiger partial charge in [0.25, 0.3) is 0 Å². The molecule has 1 aliphatic rings. The third-order valence-corrected chi connectivity index (χ3v) is 3.35. The number of urea groups is 1. The average Bonchev–Trinajstić information content (AvgIpc) is 2.77. The lowest BCUT2D eigenvalue weighted by Crippen LogP contribution is -2.49. The Hall–Kier alpha value is -1.98. The molecule has 0 saturated heterocycles. The minimum Gasteiger partial charge on any atom is -0.481 e. The van der Waals surface area contributed by atoms with Crippen LogP contribution in [-0.2, 0) is 11.3 Å². The quantitative estimate of drug-likeness (QED) is 0.737. The van der Waals surface area contributed by atoms with E-state index in [4.69, 9.17) is 9.52 Å². The Morgan fingerprint density at radius 2 is 2.17 bits per heavy atom. The summed E-state index contributed by atoms with van der Waals surface area (Å²) in [6.45, 7) is 0.464. The summed E-state index contributed by atoms with van der Waals surface area (Å²) in [4.78, 5) is 22.6. The lowest BCUT2D eigenvalue weighted by Gasteiger charge is -2.37. The van der Waals surface area contributed by atoms with Crippen molar-refractivity contribution in [2.45, 2.75) is 25.8 Å². The van der Waals surface area contributed by atoms with Crippen molar-refractivity contribution in [1.82, 2.24) is 10.6 Å². The highest BCUT2D eigenvalue weighted by molar-refractivity contribution is 5.78. The molecule has 0 spiro atoms. The second-order valence-corrected chi connectivity index (χ2v) is 4.55. The number of aliphatic carboxylic acids is 1. The van der Waals surface area contributed by atoms with Gasteiger partial charge in [0.15, 0.2) is 0 Å². The van der Waals surface area contributed by atoms with E-state index < -0.39 is 11.4 Å². The van der Waals surface area contributed by atoms with E-state index in [1.54, 1.807) is 12.1 Å². The van der Waals surface area contributed by atoms with E-state index in [2.05, 4.69) is 10.6 Å². The predicted molar refractivity (Wildman–Crippen MR) is 62.9 cm³/mol. The van der Waals surface area contributed by atoms with Gasteiger partial charge in [0.05, 0.1) is 18.2 Å². The third kappa shape index (κ3) is 2.64. The fourth-order valence-corrected chi connectivity index (χ4v) is 1.96. The molecule has 0 aromatic carbocycles. The molecule has 0 unspecified atom stereocenters. The van der Waals surface area contributed by atoms with E-state index in [0.29, 0.717) is 25.1 Å². The van der Waals surface area contributed by atoms with Gasteiger partial charge in [-0.05, 0) is 25.0 Å². The van der Waals surface area contributed by atoms with Crippen LogP contribution < -0.4 is 10.6 Å². The van der Waals surface area contributed by atoms with Crippen LogP contribution in [0.25, 0.3) is 0 Å². The molecular weight excluding hydrogens is 236 g/mol. The lowest BCUT2D eigenvalue weighted by atomic mass is 9.69. The van der Waals surface area contributed by atoms with Crippen molar-refractivity contribution < 1.29 is 19.1 Å². The summed E-state index contributed by atoms with van der Waals surface area (Å²) in [7, 11) is 0. The molecule has 98 valence electrons. The molecule has 2 rings (SSSR count). The zero-order valence-corrected chi connectivity index (χ0v) is 9.94. The molecule has 0 atom stereocenters. The van der Waals surface area contributed by atoms with E-state index in [-0.39, 0.29) is 12.6 Å². The smallest absolute Gasteiger partial charge is 0.315 e. The fourth-order valence-electron chi connectivity index (χ4n) is 1.96. The van der Waals surface area contributed by atoms with Gasteiger partial charge in [-0.25, -0.2) is 4.79 Å². The van der Waals surface area contributed by atoms with Crippen molar-refractivity contribution in [2.24, 2.45) is 5.41 Å². The molecule has 1 fully saturated rings. The van der Waals surface area contributed by atoms with Crippen LogP contribution >= 0.6 is 0 Å². The summed E-state index contributed by atoms with van der Waals surface area (Å²) in [6.07, 6.45) is 3.69. The Kier molecular flexibility index (Phi) is 3.55. The summed E-state index contributed by atoms with van der Waals surface area (Å²) in [5, 5.41) is 14.3. The number of hydrogen-bond donors (Lipinski definition) is 3. The highest BCUT2D eigenvalue weighted by atomic mass is 16.4. The Bertz CT molecular complexity index is 423. The van der Waals surface area contributed by atoms with Gasteiger partial charge in [0.2, 0.25) is 0 Å². The molecule has 2 amide bonds. The van der Waals surface area contributed by atoms with Crippen molar-refractivity contribution in [3.63, 3.8) is 0 Å². The average molecular weight is 252 g/mol. The highest BCUT2D eigenvalue weighted by Gasteiger charge is 2.44. The number of carbonyl (C=O) groups is 2. The van der Waals surface area contributed by atoms with E-state index in [0.717, 1.165) is 6.42 Å². The molecule has 1 heterocycles. The van der Waals surface area contributed by atoms with E-state index >= 15 is 0 Å². The number of furan rings is 1. The number of amides is 2. The van der Waals surface area contributed by atoms with Crippen LogP contribution in [0.15, 0.2) is 22.8 Å². The SMILES string of the molecule is O=C(NCc1ccco1)NCC1(C(=O)O)CCC1. The van der Waals surface area contributed by atoms with Crippen molar-refractivity contribution in [2.75, 3.05) is 6.54 Å². The summed E-state index contributed by atoms with van der Waals surface area (Å²) < 4.78 is 5.06. The topological polar surface area (TPSA) is 91.6 Å². The lowest BCUT2D eigenvalue weighted by molar-refractivity contribution is -0.153. The van der Waals surface area contributed by atoms with Gasteiger partial charge in [-0.1, -0.05) is 6.42 Å². The maximum atomic E-state index is 11.5. The number of rotatable bonds is 5. The largest absolute Gasteiger partial charge is 0.481 e. The van der Waals surface area contributed by atoms with Crippen molar-refractivity contribution in [3.8, 4) is 0 Å². The van der Waals surface area contributed by atoms with Crippen LogP contribution in [0.3, 0.4) is 0 Å². The molecule has 6 nitrogen and oxygen atoms in total. The molecule has 1 saturated carbocycles. The van der Waals surface area contributed by atoms with E-state index in [1.165, 1.54) is 6.26 Å². The number of carbonyl (C=O) groups excluding carboxylic acids is 1. The van der Waals surface area contributed by atoms with Gasteiger partial charge in [0.1, 0.15) is 5.76 Å². The van der Waals surface area contributed by atoms with Crippen LogP contribution in [0.2, 0.25) is 0 Å². The molecular formula is C12H16N2O4. The molecule has 0 aliphatic heterocycles. The minimum atomic E-state index is -0.833. The Labute approximate surface area is 104 Å². The maximum Gasteiger partial charge on any atom is 0.315 e. The zero-order valence-electron chi connectivity index (χ0n) is 9.94. The molecule has 6 heteroatoms. The normalized spacial score (nSPS) is 16.7. The summed E-state index contributed by atoms with van der Waals surface area (Å²) >= 11 is 0. The van der Waals surface area contributed by atoms with E-state index in [9.17, 15) is 9.59 Å². The van der Waals surface area contributed by atoms with Crippen LogP contribution in [0, 0.1) is 5.41 Å². The Morgan fingerprint density at radius 1 is 1.39 bits per heavy atom. The zero-order chi connectivity index (χ0) is 13.0. The highest BCUT2D eigenvalue weighted by Crippen LogP contribution is 2.40. The number of carboxylic acids is 1. The molecule has 3 N–H and O–H groups in total. The molecule has 0 radical (unpaired) electrons. The Morgan fingerprint density at radius 3 is 2.67 bits per heavy atom. The second-order valence-electron chi connectivity index (χ2n) is 4.55.